The third-order valence-electron chi connectivity index (χ3n) is 3.95. The van der Waals surface area contributed by atoms with Gasteiger partial charge in [0.25, 0.3) is 6.43 Å². The quantitative estimate of drug-likeness (QED) is 0.797. The van der Waals surface area contributed by atoms with E-state index < -0.39 is 24.6 Å². The lowest BCUT2D eigenvalue weighted by Crippen LogP contribution is -2.67. The van der Waals surface area contributed by atoms with E-state index >= 15 is 0 Å². The Labute approximate surface area is 130 Å². The Bertz CT molecular complexity index is 549. The van der Waals surface area contributed by atoms with Crippen LogP contribution in [0.2, 0.25) is 0 Å². The first-order valence-electron chi connectivity index (χ1n) is 7.33. The average molecular weight is 330 g/mol. The van der Waals surface area contributed by atoms with Crippen LogP contribution in [0.1, 0.15) is 6.42 Å². The Morgan fingerprint density at radius 2 is 1.83 bits per heavy atom. The highest BCUT2D eigenvalue weighted by molar-refractivity contribution is 5.77. The smallest absolute Gasteiger partial charge is 0.254 e. The molecule has 0 spiro atoms. The van der Waals surface area contributed by atoms with Crippen LogP contribution in [0.15, 0.2) is 12.4 Å². The van der Waals surface area contributed by atoms with E-state index in [1.807, 2.05) is 9.80 Å². The lowest BCUT2D eigenvalue weighted by molar-refractivity contribution is -0.129. The van der Waals surface area contributed by atoms with Gasteiger partial charge in [0.2, 0.25) is 11.9 Å². The largest absolute Gasteiger partial charge is 0.338 e. The molecule has 1 aromatic heterocycles. The third-order valence-corrected chi connectivity index (χ3v) is 3.95. The molecule has 2 unspecified atom stereocenters. The Hall–Kier alpha value is -1.94. The summed E-state index contributed by atoms with van der Waals surface area (Å²) in [5, 5.41) is 5.44. The summed E-state index contributed by atoms with van der Waals surface area (Å²) in [4.78, 5) is 23.2. The fourth-order valence-corrected chi connectivity index (χ4v) is 2.72. The summed E-state index contributed by atoms with van der Waals surface area (Å²) in [6, 6.07) is -1.13. The number of aromatic nitrogens is 2. The van der Waals surface area contributed by atoms with Crippen LogP contribution in [0.25, 0.3) is 0 Å². The first kappa shape index (κ1) is 15.9. The molecular formula is C13H17F3N6O. The molecule has 7 nitrogen and oxygen atoms in total. The summed E-state index contributed by atoms with van der Waals surface area (Å²) < 4.78 is 38.5. The van der Waals surface area contributed by atoms with Gasteiger partial charge in [-0.15, -0.1) is 0 Å². The molecule has 2 atom stereocenters. The number of nitrogens with one attached hydrogen (secondary N) is 2. The van der Waals surface area contributed by atoms with Gasteiger partial charge < -0.3 is 10.2 Å². The van der Waals surface area contributed by atoms with Crippen LogP contribution < -0.4 is 15.5 Å². The highest BCUT2D eigenvalue weighted by atomic mass is 19.3. The van der Waals surface area contributed by atoms with Crippen molar-refractivity contribution in [1.29, 1.82) is 0 Å². The number of halogens is 3. The minimum Gasteiger partial charge on any atom is -0.338 e. The zero-order valence-electron chi connectivity index (χ0n) is 12.3. The number of anilines is 1. The summed E-state index contributed by atoms with van der Waals surface area (Å²) in [6.07, 6.45) is -1.21. The normalized spacial score (nSPS) is 26.4. The molecule has 0 aromatic carbocycles. The summed E-state index contributed by atoms with van der Waals surface area (Å²) in [6.45, 7) is 2.18. The SMILES string of the molecule is O=C1CC(C(F)F)NC(N2CCN(c3ncc(F)cn3)CC2)N1. The van der Waals surface area contributed by atoms with Crippen molar-refractivity contribution in [2.24, 2.45) is 0 Å². The number of piperazine rings is 1. The van der Waals surface area contributed by atoms with Crippen LogP contribution in [-0.2, 0) is 4.79 Å². The first-order valence-corrected chi connectivity index (χ1v) is 7.33. The molecule has 10 heteroatoms. The van der Waals surface area contributed by atoms with Crippen molar-refractivity contribution in [1.82, 2.24) is 25.5 Å². The van der Waals surface area contributed by atoms with E-state index in [9.17, 15) is 18.0 Å². The molecular weight excluding hydrogens is 313 g/mol. The summed E-state index contributed by atoms with van der Waals surface area (Å²) in [5.41, 5.74) is 0. The highest BCUT2D eigenvalue weighted by Gasteiger charge is 2.35. The second-order valence-electron chi connectivity index (χ2n) is 5.51. The molecule has 2 aliphatic heterocycles. The number of nitrogens with zero attached hydrogens (tertiary/aromatic N) is 4. The van der Waals surface area contributed by atoms with E-state index in [1.165, 1.54) is 0 Å². The number of carbonyl (C=O) groups is 1. The molecule has 1 amide bonds. The van der Waals surface area contributed by atoms with Gasteiger partial charge in [-0.2, -0.15) is 0 Å². The highest BCUT2D eigenvalue weighted by Crippen LogP contribution is 2.15. The minimum absolute atomic E-state index is 0.225. The third kappa shape index (κ3) is 3.70. The van der Waals surface area contributed by atoms with Gasteiger partial charge in [-0.25, -0.2) is 23.1 Å². The maximum Gasteiger partial charge on any atom is 0.254 e. The summed E-state index contributed by atoms with van der Waals surface area (Å²) >= 11 is 0. The van der Waals surface area contributed by atoms with E-state index in [-0.39, 0.29) is 12.3 Å². The van der Waals surface area contributed by atoms with Crippen molar-refractivity contribution < 1.29 is 18.0 Å². The zero-order chi connectivity index (χ0) is 16.4. The molecule has 2 N–H and O–H groups in total. The number of alkyl halides is 2. The van der Waals surface area contributed by atoms with Gasteiger partial charge in [0, 0.05) is 32.6 Å². The number of hydrogen-bond donors (Lipinski definition) is 2. The molecule has 3 heterocycles. The van der Waals surface area contributed by atoms with E-state index in [0.717, 1.165) is 12.4 Å². The molecule has 2 aliphatic rings. The van der Waals surface area contributed by atoms with Gasteiger partial charge in [-0.05, 0) is 0 Å². The van der Waals surface area contributed by atoms with Crippen molar-refractivity contribution >= 4 is 11.9 Å². The Kier molecular flexibility index (Phi) is 4.62. The monoisotopic (exact) mass is 330 g/mol. The van der Waals surface area contributed by atoms with E-state index in [1.54, 1.807) is 0 Å². The van der Waals surface area contributed by atoms with E-state index in [4.69, 9.17) is 0 Å². The number of rotatable bonds is 3. The molecule has 0 bridgehead atoms. The molecule has 0 aliphatic carbocycles. The Morgan fingerprint density at radius 3 is 2.43 bits per heavy atom. The van der Waals surface area contributed by atoms with Crippen LogP contribution in [0, 0.1) is 5.82 Å². The summed E-state index contributed by atoms with van der Waals surface area (Å²) in [7, 11) is 0. The van der Waals surface area contributed by atoms with Crippen LogP contribution in [0.3, 0.4) is 0 Å². The molecule has 2 fully saturated rings. The van der Waals surface area contributed by atoms with Crippen LogP contribution >= 0.6 is 0 Å². The minimum atomic E-state index is -2.59. The van der Waals surface area contributed by atoms with Crippen molar-refractivity contribution in [2.45, 2.75) is 25.2 Å². The fourth-order valence-electron chi connectivity index (χ4n) is 2.72. The second-order valence-corrected chi connectivity index (χ2v) is 5.51. The van der Waals surface area contributed by atoms with Gasteiger partial charge in [-0.1, -0.05) is 0 Å². The molecule has 126 valence electrons. The van der Waals surface area contributed by atoms with Crippen molar-refractivity contribution in [3.05, 3.63) is 18.2 Å². The predicted octanol–water partition coefficient (Wildman–Crippen LogP) is -0.235. The van der Waals surface area contributed by atoms with Gasteiger partial charge in [0.05, 0.1) is 18.4 Å². The number of carbonyl (C=O) groups excluding carboxylic acids is 1. The first-order chi connectivity index (χ1) is 11.0. The maximum atomic E-state index is 12.8. The maximum absolute atomic E-state index is 12.8. The molecule has 0 radical (unpaired) electrons. The lowest BCUT2D eigenvalue weighted by Gasteiger charge is -2.42. The van der Waals surface area contributed by atoms with Gasteiger partial charge in [0.15, 0.2) is 5.82 Å². The predicted molar refractivity (Wildman–Crippen MR) is 75.3 cm³/mol. The second kappa shape index (κ2) is 6.67. The van der Waals surface area contributed by atoms with Gasteiger partial charge in [-0.3, -0.25) is 15.0 Å². The standard InChI is InChI=1S/C13H17F3N6O/c14-8-6-17-12(18-7-8)21-1-3-22(4-2-21)13-19-9(11(15)16)5-10(23)20-13/h6-7,9,11,13,19H,1-5H2,(H,20,23). The van der Waals surface area contributed by atoms with Crippen molar-refractivity contribution in [3.63, 3.8) is 0 Å². The van der Waals surface area contributed by atoms with E-state index in [0.29, 0.717) is 32.1 Å². The Morgan fingerprint density at radius 1 is 1.17 bits per heavy atom. The molecule has 2 saturated heterocycles. The Balaban J connectivity index is 1.58. The fraction of sp³-hybridized carbons (Fsp3) is 0.615. The van der Waals surface area contributed by atoms with Crippen molar-refractivity contribution in [3.8, 4) is 0 Å². The molecule has 3 rings (SSSR count). The number of amides is 1. The molecule has 23 heavy (non-hydrogen) atoms. The number of hydrogen-bond acceptors (Lipinski definition) is 6. The van der Waals surface area contributed by atoms with Crippen molar-refractivity contribution in [2.75, 3.05) is 31.1 Å². The van der Waals surface area contributed by atoms with Gasteiger partial charge in [0.1, 0.15) is 6.29 Å². The zero-order valence-corrected chi connectivity index (χ0v) is 12.3. The molecule has 1 aromatic rings. The molecule has 0 saturated carbocycles. The summed E-state index contributed by atoms with van der Waals surface area (Å²) in [5.74, 6) is -0.458. The van der Waals surface area contributed by atoms with Crippen LogP contribution in [0.5, 0.6) is 0 Å². The van der Waals surface area contributed by atoms with Crippen LogP contribution in [0.4, 0.5) is 19.1 Å². The topological polar surface area (TPSA) is 73.4 Å². The average Bonchev–Trinajstić information content (AvgIpc) is 2.55. The van der Waals surface area contributed by atoms with E-state index in [2.05, 4.69) is 20.6 Å². The van der Waals surface area contributed by atoms with Crippen LogP contribution in [-0.4, -0.2) is 65.7 Å². The van der Waals surface area contributed by atoms with Gasteiger partial charge >= 0.3 is 0 Å². The lowest BCUT2D eigenvalue weighted by atomic mass is 10.1.